The highest BCUT2D eigenvalue weighted by atomic mass is 35.5. The lowest BCUT2D eigenvalue weighted by Crippen LogP contribution is -2.19. The third kappa shape index (κ3) is 4.68. The number of rotatable bonds is 4. The number of carbonyl (C=O) groups is 1. The molecule has 1 atom stereocenters. The zero-order valence-corrected chi connectivity index (χ0v) is 15.9. The summed E-state index contributed by atoms with van der Waals surface area (Å²) < 4.78 is 40.6. The number of benzene rings is 2. The number of carbonyl (C=O) groups excluding carboxylic acids is 1. The van der Waals surface area contributed by atoms with E-state index < -0.39 is 12.1 Å². The molecule has 1 nitrogen and oxygen atoms in total. The van der Waals surface area contributed by atoms with Gasteiger partial charge in [-0.05, 0) is 55.2 Å². The summed E-state index contributed by atoms with van der Waals surface area (Å²) in [6.07, 6.45) is -2.04. The maximum Gasteiger partial charge on any atom is 0.399 e. The Morgan fingerprint density at radius 2 is 1.65 bits per heavy atom. The number of Topliss-reactive ketones (excluding diaryl/α,β-unsaturated/α-hetero) is 1. The molecule has 0 aliphatic carbocycles. The molecule has 0 amide bonds. The molecule has 0 heterocycles. The number of halogens is 5. The number of hydrogen-bond donors (Lipinski definition) is 0. The Labute approximate surface area is 160 Å². The minimum Gasteiger partial charge on any atom is -0.295 e. The van der Waals surface area contributed by atoms with E-state index in [1.54, 1.807) is 32.0 Å². The zero-order chi connectivity index (χ0) is 19.6. The van der Waals surface area contributed by atoms with Crippen molar-refractivity contribution in [1.29, 1.82) is 0 Å². The van der Waals surface area contributed by atoms with Gasteiger partial charge in [-0.25, -0.2) is 0 Å². The molecule has 2 rings (SSSR count). The highest BCUT2D eigenvalue weighted by Gasteiger charge is 2.39. The average molecular weight is 401 g/mol. The quantitative estimate of drug-likeness (QED) is 0.497. The normalized spacial score (nSPS) is 13.2. The first-order valence-corrected chi connectivity index (χ1v) is 8.58. The minimum atomic E-state index is -4.49. The van der Waals surface area contributed by atoms with E-state index in [0.29, 0.717) is 22.3 Å². The fraction of sp³-hybridized carbons (Fsp3) is 0.250. The van der Waals surface area contributed by atoms with Crippen LogP contribution in [0.25, 0.3) is 6.08 Å². The summed E-state index contributed by atoms with van der Waals surface area (Å²) in [5, 5.41) is 0.383. The van der Waals surface area contributed by atoms with Gasteiger partial charge < -0.3 is 0 Å². The molecule has 2 aromatic carbocycles. The van der Waals surface area contributed by atoms with Crippen LogP contribution in [0, 0.1) is 13.8 Å². The van der Waals surface area contributed by atoms with Crippen molar-refractivity contribution in [2.45, 2.75) is 32.9 Å². The largest absolute Gasteiger partial charge is 0.399 e. The topological polar surface area (TPSA) is 17.1 Å². The molecule has 0 saturated heterocycles. The van der Waals surface area contributed by atoms with Crippen LogP contribution in [0.4, 0.5) is 13.2 Å². The third-order valence-corrected chi connectivity index (χ3v) is 4.91. The van der Waals surface area contributed by atoms with Crippen LogP contribution in [0.5, 0.6) is 0 Å². The summed E-state index contributed by atoms with van der Waals surface area (Å²) in [5.74, 6) is -1.93. The van der Waals surface area contributed by atoms with Crippen molar-refractivity contribution in [2.75, 3.05) is 0 Å². The van der Waals surface area contributed by atoms with Gasteiger partial charge in [0.25, 0.3) is 0 Å². The second-order valence-corrected chi connectivity index (χ2v) is 6.93. The first-order chi connectivity index (χ1) is 12.0. The molecular formula is C20H17Cl2F3O. The summed E-state index contributed by atoms with van der Waals surface area (Å²) in [6.45, 7) is 4.84. The van der Waals surface area contributed by atoms with Gasteiger partial charge >= 0.3 is 6.18 Å². The average Bonchev–Trinajstić information content (AvgIpc) is 2.51. The molecule has 0 N–H and O–H groups in total. The summed E-state index contributed by atoms with van der Waals surface area (Å²) in [5.41, 5.74) is 2.35. The smallest absolute Gasteiger partial charge is 0.295 e. The monoisotopic (exact) mass is 400 g/mol. The van der Waals surface area contributed by atoms with Gasteiger partial charge in [-0.3, -0.25) is 4.79 Å². The van der Waals surface area contributed by atoms with E-state index in [2.05, 4.69) is 0 Å². The molecule has 0 aliphatic heterocycles. The van der Waals surface area contributed by atoms with Crippen molar-refractivity contribution < 1.29 is 18.0 Å². The maximum absolute atomic E-state index is 13.5. The van der Waals surface area contributed by atoms with E-state index in [1.165, 1.54) is 25.1 Å². The van der Waals surface area contributed by atoms with Crippen molar-refractivity contribution in [3.05, 3.63) is 74.3 Å². The standard InChI is InChI=1S/C20H17Cl2F3O/c1-11-8-14(4-6-16(11)13(3)26)5-7-17(20(23,24)25)15-9-18(21)12(2)19(22)10-15/h4-10,17H,1-3H3/b7-5+. The van der Waals surface area contributed by atoms with Gasteiger partial charge in [0.05, 0.1) is 5.92 Å². The molecule has 0 aliphatic rings. The Kier molecular flexibility index (Phi) is 6.20. The van der Waals surface area contributed by atoms with Crippen LogP contribution in [0.1, 0.15) is 45.5 Å². The predicted octanol–water partition coefficient (Wildman–Crippen LogP) is 7.17. The van der Waals surface area contributed by atoms with Gasteiger partial charge in [-0.15, -0.1) is 0 Å². The number of allylic oxidation sites excluding steroid dienone is 1. The lowest BCUT2D eigenvalue weighted by molar-refractivity contribution is -0.139. The molecule has 0 aromatic heterocycles. The molecule has 6 heteroatoms. The summed E-state index contributed by atoms with van der Waals surface area (Å²) >= 11 is 12.0. The Bertz CT molecular complexity index is 847. The fourth-order valence-corrected chi connectivity index (χ4v) is 3.15. The van der Waals surface area contributed by atoms with Crippen LogP contribution in [0.3, 0.4) is 0 Å². The Balaban J connectivity index is 2.42. The minimum absolute atomic E-state index is 0.0218. The van der Waals surface area contributed by atoms with Crippen molar-refractivity contribution in [1.82, 2.24) is 0 Å². The van der Waals surface area contributed by atoms with E-state index in [1.807, 2.05) is 0 Å². The highest BCUT2D eigenvalue weighted by molar-refractivity contribution is 6.36. The van der Waals surface area contributed by atoms with Crippen LogP contribution < -0.4 is 0 Å². The maximum atomic E-state index is 13.5. The first kappa shape index (κ1) is 20.5. The summed E-state index contributed by atoms with van der Waals surface area (Å²) in [7, 11) is 0. The first-order valence-electron chi connectivity index (χ1n) is 7.82. The van der Waals surface area contributed by atoms with E-state index in [4.69, 9.17) is 23.2 Å². The van der Waals surface area contributed by atoms with E-state index in [9.17, 15) is 18.0 Å². The van der Waals surface area contributed by atoms with Crippen LogP contribution >= 0.6 is 23.2 Å². The molecular weight excluding hydrogens is 384 g/mol. The van der Waals surface area contributed by atoms with Gasteiger partial charge in [-0.1, -0.05) is 53.6 Å². The van der Waals surface area contributed by atoms with Gasteiger partial charge in [0.1, 0.15) is 0 Å². The zero-order valence-electron chi connectivity index (χ0n) is 14.4. The number of aryl methyl sites for hydroxylation is 1. The van der Waals surface area contributed by atoms with E-state index >= 15 is 0 Å². The summed E-state index contributed by atoms with van der Waals surface area (Å²) in [6, 6.07) is 7.48. The van der Waals surface area contributed by atoms with Crippen LogP contribution in [-0.4, -0.2) is 12.0 Å². The van der Waals surface area contributed by atoms with Gasteiger partial charge in [0, 0.05) is 15.6 Å². The Hall–Kier alpha value is -1.78. The molecule has 0 saturated carbocycles. The van der Waals surface area contributed by atoms with Crippen molar-refractivity contribution >= 4 is 35.1 Å². The lowest BCUT2D eigenvalue weighted by Gasteiger charge is -2.19. The lowest BCUT2D eigenvalue weighted by atomic mass is 9.95. The number of alkyl halides is 3. The molecule has 138 valence electrons. The number of ketones is 1. The Morgan fingerprint density at radius 1 is 1.08 bits per heavy atom. The van der Waals surface area contributed by atoms with Gasteiger partial charge in [0.15, 0.2) is 5.78 Å². The van der Waals surface area contributed by atoms with Gasteiger partial charge in [-0.2, -0.15) is 13.2 Å². The van der Waals surface area contributed by atoms with Crippen molar-refractivity contribution in [3.8, 4) is 0 Å². The van der Waals surface area contributed by atoms with Crippen molar-refractivity contribution in [2.24, 2.45) is 0 Å². The predicted molar refractivity (Wildman–Crippen MR) is 100 cm³/mol. The van der Waals surface area contributed by atoms with Crippen LogP contribution in [0.2, 0.25) is 10.0 Å². The molecule has 0 bridgehead atoms. The fourth-order valence-electron chi connectivity index (χ4n) is 2.65. The van der Waals surface area contributed by atoms with E-state index in [-0.39, 0.29) is 21.4 Å². The van der Waals surface area contributed by atoms with E-state index in [0.717, 1.165) is 6.08 Å². The van der Waals surface area contributed by atoms with Crippen LogP contribution in [-0.2, 0) is 0 Å². The van der Waals surface area contributed by atoms with Crippen LogP contribution in [0.15, 0.2) is 36.4 Å². The molecule has 26 heavy (non-hydrogen) atoms. The SMILES string of the molecule is CC(=O)c1ccc(/C=C/C(c2cc(Cl)c(C)c(Cl)c2)C(F)(F)F)cc1C. The highest BCUT2D eigenvalue weighted by Crippen LogP contribution is 2.39. The molecule has 0 spiro atoms. The Morgan fingerprint density at radius 3 is 2.12 bits per heavy atom. The summed E-state index contributed by atoms with van der Waals surface area (Å²) in [4.78, 5) is 11.5. The van der Waals surface area contributed by atoms with Gasteiger partial charge in [0.2, 0.25) is 0 Å². The molecule has 0 fully saturated rings. The molecule has 1 unspecified atom stereocenters. The second-order valence-electron chi connectivity index (χ2n) is 6.12. The third-order valence-electron chi connectivity index (χ3n) is 4.13. The molecule has 2 aromatic rings. The molecule has 0 radical (unpaired) electrons. The van der Waals surface area contributed by atoms with Crippen molar-refractivity contribution in [3.63, 3.8) is 0 Å². The number of hydrogen-bond acceptors (Lipinski definition) is 1. The second kappa shape index (κ2) is 7.85.